The molecule has 0 bridgehead atoms. The summed E-state index contributed by atoms with van der Waals surface area (Å²) in [5.41, 5.74) is 6.96. The van der Waals surface area contributed by atoms with E-state index in [1.54, 1.807) is 11.9 Å². The molecule has 34 heavy (non-hydrogen) atoms. The van der Waals surface area contributed by atoms with Crippen molar-refractivity contribution >= 4 is 28.8 Å². The molecule has 0 atom stereocenters. The molecule has 1 aliphatic heterocycles. The van der Waals surface area contributed by atoms with Crippen molar-refractivity contribution in [2.75, 3.05) is 17.3 Å². The largest absolute Gasteiger partial charge is 0.378 e. The monoisotopic (exact) mass is 456 g/mol. The molecule has 2 N–H and O–H groups in total. The number of aromatic amines is 1. The maximum atomic E-state index is 13.6. The van der Waals surface area contributed by atoms with Gasteiger partial charge in [0.1, 0.15) is 5.82 Å². The Morgan fingerprint density at radius 3 is 2.53 bits per heavy atom. The molecule has 0 saturated heterocycles. The number of H-pyrrole nitrogens is 1. The van der Waals surface area contributed by atoms with Crippen molar-refractivity contribution in [2.24, 2.45) is 11.0 Å². The first kappa shape index (κ1) is 22.2. The molecule has 2 heterocycles. The van der Waals surface area contributed by atoms with Gasteiger partial charge in [0.05, 0.1) is 23.6 Å². The Bertz CT molecular complexity index is 1210. The number of rotatable bonds is 5. The summed E-state index contributed by atoms with van der Waals surface area (Å²) in [6.45, 7) is 4.67. The van der Waals surface area contributed by atoms with Gasteiger partial charge in [0, 0.05) is 36.1 Å². The molecule has 3 aromatic rings. The highest BCUT2D eigenvalue weighted by Gasteiger charge is 2.32. The fourth-order valence-electron chi connectivity index (χ4n) is 4.95. The minimum atomic E-state index is -0.149. The van der Waals surface area contributed by atoms with Crippen LogP contribution in [0.4, 0.5) is 21.9 Å². The predicted octanol–water partition coefficient (Wildman–Crippen LogP) is 6.13. The van der Waals surface area contributed by atoms with Crippen molar-refractivity contribution in [3.63, 3.8) is 0 Å². The fraction of sp³-hybridized carbons (Fsp3) is 0.370. The van der Waals surface area contributed by atoms with E-state index in [2.05, 4.69) is 40.4 Å². The zero-order chi connectivity index (χ0) is 23.7. The topological polar surface area (TPSA) is 76.6 Å². The molecule has 0 radical (unpaired) electrons. The third-order valence-electron chi connectivity index (χ3n) is 6.73. The Morgan fingerprint density at radius 1 is 1.06 bits per heavy atom. The van der Waals surface area contributed by atoms with Gasteiger partial charge in [-0.3, -0.25) is 4.90 Å². The highest BCUT2D eigenvalue weighted by atomic mass is 16.2. The average Bonchev–Trinajstić information content (AvgIpc) is 3.23. The quantitative estimate of drug-likeness (QED) is 0.485. The summed E-state index contributed by atoms with van der Waals surface area (Å²) in [6, 6.07) is 14.2. The third-order valence-corrected chi connectivity index (χ3v) is 6.73. The summed E-state index contributed by atoms with van der Waals surface area (Å²) in [4.78, 5) is 22.9. The van der Waals surface area contributed by atoms with Crippen LogP contribution >= 0.6 is 0 Å². The van der Waals surface area contributed by atoms with Crippen LogP contribution in [0.5, 0.6) is 0 Å². The molecule has 1 aliphatic carbocycles. The minimum Gasteiger partial charge on any atom is -0.378 e. The number of imidazole rings is 1. The highest BCUT2D eigenvalue weighted by molar-refractivity contribution is 6.13. The van der Waals surface area contributed by atoms with Crippen LogP contribution in [0.3, 0.4) is 0 Å². The second-order valence-electron chi connectivity index (χ2n) is 9.40. The van der Waals surface area contributed by atoms with Crippen molar-refractivity contribution < 1.29 is 4.79 Å². The van der Waals surface area contributed by atoms with Crippen molar-refractivity contribution in [3.05, 3.63) is 71.3 Å². The Hall–Kier alpha value is -3.61. The van der Waals surface area contributed by atoms with E-state index in [9.17, 15) is 4.79 Å². The molecular weight excluding hydrogens is 424 g/mol. The number of aryl methyl sites for hydroxylation is 2. The number of nitrogens with one attached hydrogen (secondary N) is 2. The van der Waals surface area contributed by atoms with E-state index in [1.807, 2.05) is 37.4 Å². The molecule has 1 saturated carbocycles. The normalized spacial score (nSPS) is 16.8. The molecule has 5 rings (SSSR count). The summed E-state index contributed by atoms with van der Waals surface area (Å²) in [6.07, 6.45) is 7.81. The number of carbonyl (C=O) groups excluding carboxylic acids is 1. The summed E-state index contributed by atoms with van der Waals surface area (Å²) in [5.74, 6) is 1.28. The number of hydrazone groups is 1. The number of urea groups is 1. The summed E-state index contributed by atoms with van der Waals surface area (Å²) in [5, 5.41) is 9.74. The lowest BCUT2D eigenvalue weighted by molar-refractivity contribution is 0.220. The minimum absolute atomic E-state index is 0.149. The molecular formula is C27H32N6O. The Morgan fingerprint density at radius 2 is 1.82 bits per heavy atom. The SMILES string of the molecule is Cc1ccc2c(c1)N(c1ccc(NCc3ncc(C)[nH]3)cc1)C(=O)N(C)N=C2C1CCCCC1. The first-order valence-corrected chi connectivity index (χ1v) is 12.1. The van der Waals surface area contributed by atoms with Gasteiger partial charge in [0.15, 0.2) is 0 Å². The maximum Gasteiger partial charge on any atom is 0.349 e. The van der Waals surface area contributed by atoms with E-state index in [1.165, 1.54) is 24.3 Å². The lowest BCUT2D eigenvalue weighted by atomic mass is 9.82. The molecule has 0 spiro atoms. The maximum absolute atomic E-state index is 13.6. The molecule has 2 amide bonds. The molecule has 2 aromatic carbocycles. The van der Waals surface area contributed by atoms with Crippen LogP contribution in [-0.2, 0) is 6.54 Å². The van der Waals surface area contributed by atoms with Crippen molar-refractivity contribution in [1.29, 1.82) is 0 Å². The van der Waals surface area contributed by atoms with E-state index in [4.69, 9.17) is 5.10 Å². The highest BCUT2D eigenvalue weighted by Crippen LogP contribution is 2.38. The first-order valence-electron chi connectivity index (χ1n) is 12.1. The molecule has 7 heteroatoms. The van der Waals surface area contributed by atoms with Gasteiger partial charge in [0.25, 0.3) is 0 Å². The van der Waals surface area contributed by atoms with Crippen molar-refractivity contribution in [1.82, 2.24) is 15.0 Å². The molecule has 0 unspecified atom stereocenters. The predicted molar refractivity (Wildman–Crippen MR) is 137 cm³/mol. The lowest BCUT2D eigenvalue weighted by Gasteiger charge is -2.26. The van der Waals surface area contributed by atoms with Crippen LogP contribution in [0.1, 0.15) is 54.7 Å². The van der Waals surface area contributed by atoms with Gasteiger partial charge < -0.3 is 10.3 Å². The van der Waals surface area contributed by atoms with E-state index in [-0.39, 0.29) is 6.03 Å². The number of carbonyl (C=O) groups is 1. The van der Waals surface area contributed by atoms with Crippen LogP contribution < -0.4 is 10.2 Å². The van der Waals surface area contributed by atoms with Gasteiger partial charge in [-0.1, -0.05) is 31.4 Å². The number of amides is 2. The lowest BCUT2D eigenvalue weighted by Crippen LogP contribution is -2.34. The smallest absolute Gasteiger partial charge is 0.349 e. The summed E-state index contributed by atoms with van der Waals surface area (Å²) in [7, 11) is 1.76. The van der Waals surface area contributed by atoms with Crippen molar-refractivity contribution in [3.8, 4) is 0 Å². The fourth-order valence-corrected chi connectivity index (χ4v) is 4.95. The third kappa shape index (κ3) is 4.42. The molecule has 2 aliphatic rings. The zero-order valence-electron chi connectivity index (χ0n) is 20.1. The molecule has 176 valence electrons. The Balaban J connectivity index is 1.46. The number of hydrogen-bond acceptors (Lipinski definition) is 4. The van der Waals surface area contributed by atoms with Crippen LogP contribution in [0, 0.1) is 19.8 Å². The number of anilines is 3. The zero-order valence-corrected chi connectivity index (χ0v) is 20.1. The van der Waals surface area contributed by atoms with Gasteiger partial charge >= 0.3 is 6.03 Å². The van der Waals surface area contributed by atoms with Gasteiger partial charge in [-0.05, 0) is 62.6 Å². The van der Waals surface area contributed by atoms with E-state index < -0.39 is 0 Å². The van der Waals surface area contributed by atoms with Gasteiger partial charge in [-0.25, -0.2) is 14.8 Å². The Kier molecular flexibility index (Phi) is 6.09. The number of fused-ring (bicyclic) bond motifs is 1. The number of benzene rings is 2. The number of nitrogens with zero attached hydrogens (tertiary/aromatic N) is 4. The van der Waals surface area contributed by atoms with Gasteiger partial charge in [-0.2, -0.15) is 5.10 Å². The first-order chi connectivity index (χ1) is 16.5. The van der Waals surface area contributed by atoms with Crippen molar-refractivity contribution in [2.45, 2.75) is 52.5 Å². The standard InChI is InChI=1S/C27H32N6O/c1-18-9-14-23-24(15-18)33(27(34)32(3)31-26(23)20-7-5-4-6-8-20)22-12-10-21(11-13-22)28-17-25-29-16-19(2)30-25/h9-16,20,28H,4-8,17H2,1-3H3,(H,29,30). The average molecular weight is 457 g/mol. The molecule has 1 aromatic heterocycles. The van der Waals surface area contributed by atoms with E-state index >= 15 is 0 Å². The number of hydrogen-bond donors (Lipinski definition) is 2. The number of aromatic nitrogens is 2. The summed E-state index contributed by atoms with van der Waals surface area (Å²) < 4.78 is 0. The second-order valence-corrected chi connectivity index (χ2v) is 9.40. The molecule has 7 nitrogen and oxygen atoms in total. The van der Waals surface area contributed by atoms with Gasteiger partial charge in [0.2, 0.25) is 0 Å². The van der Waals surface area contributed by atoms with E-state index in [0.717, 1.165) is 58.3 Å². The van der Waals surface area contributed by atoms with Crippen LogP contribution in [0.2, 0.25) is 0 Å². The van der Waals surface area contributed by atoms with E-state index in [0.29, 0.717) is 12.5 Å². The second kappa shape index (κ2) is 9.33. The molecule has 1 fully saturated rings. The van der Waals surface area contributed by atoms with Gasteiger partial charge in [-0.15, -0.1) is 0 Å². The van der Waals surface area contributed by atoms with Crippen LogP contribution in [0.15, 0.2) is 53.8 Å². The van der Waals surface area contributed by atoms with Crippen LogP contribution in [0.25, 0.3) is 0 Å². The summed E-state index contributed by atoms with van der Waals surface area (Å²) >= 11 is 0. The Labute approximate surface area is 200 Å². The van der Waals surface area contributed by atoms with Crippen LogP contribution in [-0.4, -0.2) is 33.8 Å².